The quantitative estimate of drug-likeness (QED) is 0.0917. The Morgan fingerprint density at radius 1 is 1.00 bits per heavy atom. The number of para-hydroxylation sites is 1. The van der Waals surface area contributed by atoms with Crippen molar-refractivity contribution in [1.82, 2.24) is 9.66 Å². The van der Waals surface area contributed by atoms with Gasteiger partial charge in [0.2, 0.25) is 5.75 Å². The van der Waals surface area contributed by atoms with Crippen molar-refractivity contribution in [2.45, 2.75) is 13.5 Å². The van der Waals surface area contributed by atoms with Crippen molar-refractivity contribution in [1.29, 1.82) is 0 Å². The van der Waals surface area contributed by atoms with Crippen LogP contribution < -0.4 is 15.0 Å². The Hall–Kier alpha value is -4.35. The van der Waals surface area contributed by atoms with Gasteiger partial charge in [-0.2, -0.15) is 9.78 Å². The third-order valence-corrected chi connectivity index (χ3v) is 7.28. The van der Waals surface area contributed by atoms with Crippen LogP contribution in [0.3, 0.4) is 0 Å². The van der Waals surface area contributed by atoms with Crippen molar-refractivity contribution >= 4 is 54.7 Å². The molecule has 0 saturated carbocycles. The van der Waals surface area contributed by atoms with Gasteiger partial charge < -0.3 is 9.47 Å². The maximum atomic E-state index is 13.5. The normalized spacial score (nSPS) is 11.2. The zero-order valence-corrected chi connectivity index (χ0v) is 24.8. The van der Waals surface area contributed by atoms with Crippen molar-refractivity contribution in [2.75, 3.05) is 6.61 Å². The number of hydrogen-bond acceptors (Lipinski definition) is 7. The highest BCUT2D eigenvalue weighted by Crippen LogP contribution is 2.39. The van der Waals surface area contributed by atoms with E-state index < -0.39 is 4.92 Å². The van der Waals surface area contributed by atoms with Crippen LogP contribution in [0.4, 0.5) is 5.69 Å². The molecular weight excluding hydrogens is 656 g/mol. The number of nitro benzene ring substituents is 1. The van der Waals surface area contributed by atoms with Crippen molar-refractivity contribution in [3.05, 3.63) is 125 Å². The molecule has 206 valence electrons. The average Bonchev–Trinajstić information content (AvgIpc) is 2.97. The zero-order valence-electron chi connectivity index (χ0n) is 21.7. The van der Waals surface area contributed by atoms with Crippen molar-refractivity contribution in [3.8, 4) is 22.9 Å². The van der Waals surface area contributed by atoms with E-state index in [1.807, 2.05) is 54.6 Å². The molecule has 11 heteroatoms. The van der Waals surface area contributed by atoms with Crippen LogP contribution in [-0.2, 0) is 6.61 Å². The predicted octanol–water partition coefficient (Wildman–Crippen LogP) is 7.36. The fraction of sp³-hybridized carbons (Fsp3) is 0.100. The molecule has 0 N–H and O–H groups in total. The number of halogens is 2. The summed E-state index contributed by atoms with van der Waals surface area (Å²) in [5, 5.41) is 16.9. The second-order valence-electron chi connectivity index (χ2n) is 8.76. The SMILES string of the molecule is CCOc1cc(C=Nn2c(-c3ccccc3)nc3ccccc3c2=O)cc([N+](=O)[O-])c1OCc1ccc(Br)cc1Br. The van der Waals surface area contributed by atoms with E-state index >= 15 is 0 Å². The van der Waals surface area contributed by atoms with E-state index in [9.17, 15) is 14.9 Å². The second-order valence-corrected chi connectivity index (χ2v) is 10.5. The average molecular weight is 678 g/mol. The summed E-state index contributed by atoms with van der Waals surface area (Å²) in [6, 6.07) is 24.7. The Morgan fingerprint density at radius 3 is 2.49 bits per heavy atom. The van der Waals surface area contributed by atoms with Gasteiger partial charge in [0.25, 0.3) is 5.56 Å². The molecule has 0 radical (unpaired) electrons. The van der Waals surface area contributed by atoms with Crippen molar-refractivity contribution < 1.29 is 14.4 Å². The van der Waals surface area contributed by atoms with Gasteiger partial charge in [-0.15, -0.1) is 0 Å². The molecule has 0 aliphatic heterocycles. The standard InChI is InChI=1S/C30H22Br2N4O5/c1-2-40-27-15-19(14-26(36(38)39)28(27)41-18-21-12-13-22(31)16-24(21)32)17-33-35-29(20-8-4-3-5-9-20)34-25-11-7-6-10-23(25)30(35)37/h3-17H,2,18H2,1H3. The Kier molecular flexibility index (Phi) is 8.55. The van der Waals surface area contributed by atoms with Gasteiger partial charge in [-0.1, -0.05) is 80.4 Å². The number of aromatic nitrogens is 2. The van der Waals surface area contributed by atoms with Gasteiger partial charge in [-0.05, 0) is 37.3 Å². The van der Waals surface area contributed by atoms with E-state index in [1.165, 1.54) is 17.0 Å². The molecular formula is C30H22Br2N4O5. The Balaban J connectivity index is 1.58. The fourth-order valence-electron chi connectivity index (χ4n) is 4.14. The molecule has 41 heavy (non-hydrogen) atoms. The van der Waals surface area contributed by atoms with Crippen LogP contribution in [0.25, 0.3) is 22.3 Å². The molecule has 5 rings (SSSR count). The van der Waals surface area contributed by atoms with Crippen LogP contribution >= 0.6 is 31.9 Å². The van der Waals surface area contributed by atoms with E-state index in [4.69, 9.17) is 9.47 Å². The molecule has 1 heterocycles. The van der Waals surface area contributed by atoms with Gasteiger partial charge in [0.1, 0.15) is 6.61 Å². The number of rotatable bonds is 9. The topological polar surface area (TPSA) is 109 Å². The lowest BCUT2D eigenvalue weighted by atomic mass is 10.1. The van der Waals surface area contributed by atoms with Gasteiger partial charge in [-0.3, -0.25) is 14.9 Å². The summed E-state index contributed by atoms with van der Waals surface area (Å²) in [5.74, 6) is 0.520. The van der Waals surface area contributed by atoms with E-state index in [1.54, 1.807) is 31.2 Å². The molecule has 0 amide bonds. The number of nitrogens with zero attached hydrogens (tertiary/aromatic N) is 4. The fourth-order valence-corrected chi connectivity index (χ4v) is 5.31. The van der Waals surface area contributed by atoms with E-state index in [0.717, 1.165) is 14.5 Å². The largest absolute Gasteiger partial charge is 0.490 e. The first kappa shape index (κ1) is 28.2. The summed E-state index contributed by atoms with van der Waals surface area (Å²) in [7, 11) is 0. The molecule has 0 atom stereocenters. The minimum Gasteiger partial charge on any atom is -0.490 e. The van der Waals surface area contributed by atoms with Crippen LogP contribution in [0.1, 0.15) is 18.1 Å². The predicted molar refractivity (Wildman–Crippen MR) is 165 cm³/mol. The number of nitro groups is 1. The molecule has 9 nitrogen and oxygen atoms in total. The Labute approximate surface area is 251 Å². The molecule has 0 spiro atoms. The molecule has 0 saturated heterocycles. The summed E-state index contributed by atoms with van der Waals surface area (Å²) < 4.78 is 14.5. The Bertz CT molecular complexity index is 1840. The lowest BCUT2D eigenvalue weighted by Gasteiger charge is -2.14. The molecule has 0 aliphatic carbocycles. The van der Waals surface area contributed by atoms with Gasteiger partial charge in [0.05, 0.1) is 28.6 Å². The van der Waals surface area contributed by atoms with Crippen LogP contribution in [0, 0.1) is 10.1 Å². The lowest BCUT2D eigenvalue weighted by molar-refractivity contribution is -0.386. The van der Waals surface area contributed by atoms with Crippen LogP contribution in [0.15, 0.2) is 104 Å². The third kappa shape index (κ3) is 6.21. The molecule has 0 unspecified atom stereocenters. The third-order valence-electron chi connectivity index (χ3n) is 6.05. The minimum atomic E-state index is -0.537. The van der Waals surface area contributed by atoms with E-state index in [-0.39, 0.29) is 36.0 Å². The summed E-state index contributed by atoms with van der Waals surface area (Å²) >= 11 is 6.90. The van der Waals surface area contributed by atoms with Gasteiger partial charge in [0.15, 0.2) is 11.6 Å². The summed E-state index contributed by atoms with van der Waals surface area (Å²) in [5.41, 5.74) is 1.71. The first-order chi connectivity index (χ1) is 19.9. The van der Waals surface area contributed by atoms with Crippen LogP contribution in [0.5, 0.6) is 11.5 Å². The molecule has 0 fully saturated rings. The molecule has 5 aromatic rings. The summed E-state index contributed by atoms with van der Waals surface area (Å²) in [6.45, 7) is 2.09. The summed E-state index contributed by atoms with van der Waals surface area (Å²) in [6.07, 6.45) is 1.37. The first-order valence-corrected chi connectivity index (χ1v) is 14.1. The number of ether oxygens (including phenoxy) is 2. The highest BCUT2D eigenvalue weighted by atomic mass is 79.9. The zero-order chi connectivity index (χ0) is 28.9. The van der Waals surface area contributed by atoms with Crippen molar-refractivity contribution in [3.63, 3.8) is 0 Å². The van der Waals surface area contributed by atoms with Gasteiger partial charge in [0, 0.05) is 31.7 Å². The molecule has 4 aromatic carbocycles. The van der Waals surface area contributed by atoms with Gasteiger partial charge in [-0.25, -0.2) is 4.98 Å². The van der Waals surface area contributed by atoms with Crippen molar-refractivity contribution in [2.24, 2.45) is 5.10 Å². The van der Waals surface area contributed by atoms with Crippen LogP contribution in [-0.4, -0.2) is 27.4 Å². The highest BCUT2D eigenvalue weighted by molar-refractivity contribution is 9.11. The smallest absolute Gasteiger partial charge is 0.315 e. The molecule has 0 aliphatic rings. The highest BCUT2D eigenvalue weighted by Gasteiger charge is 2.23. The second kappa shape index (κ2) is 12.4. The number of fused-ring (bicyclic) bond motifs is 1. The monoisotopic (exact) mass is 676 g/mol. The maximum absolute atomic E-state index is 13.5. The van der Waals surface area contributed by atoms with E-state index in [0.29, 0.717) is 27.9 Å². The number of hydrogen-bond donors (Lipinski definition) is 0. The first-order valence-electron chi connectivity index (χ1n) is 12.5. The minimum absolute atomic E-state index is 0.00154. The molecule has 0 bridgehead atoms. The maximum Gasteiger partial charge on any atom is 0.315 e. The summed E-state index contributed by atoms with van der Waals surface area (Å²) in [4.78, 5) is 29.7. The van der Waals surface area contributed by atoms with E-state index in [2.05, 4.69) is 41.9 Å². The van der Waals surface area contributed by atoms with Gasteiger partial charge >= 0.3 is 5.69 Å². The number of benzene rings is 4. The lowest BCUT2D eigenvalue weighted by Crippen LogP contribution is -2.20. The molecule has 1 aromatic heterocycles. The van der Waals surface area contributed by atoms with Crippen LogP contribution in [0.2, 0.25) is 0 Å². The Morgan fingerprint density at radius 2 is 1.76 bits per heavy atom.